The minimum Gasteiger partial charge on any atom is -0.497 e. The Balaban J connectivity index is 1.79. The Bertz CT molecular complexity index is 988. The van der Waals surface area contributed by atoms with Gasteiger partial charge in [0.05, 0.1) is 17.5 Å². The van der Waals surface area contributed by atoms with E-state index in [0.29, 0.717) is 22.4 Å². The van der Waals surface area contributed by atoms with Crippen LogP contribution in [-0.2, 0) is 5.75 Å². The molecule has 0 fully saturated rings. The molecular weight excluding hydrogens is 344 g/mol. The molecule has 1 aromatic heterocycles. The van der Waals surface area contributed by atoms with E-state index in [4.69, 9.17) is 9.15 Å². The molecule has 0 amide bonds. The van der Waals surface area contributed by atoms with Gasteiger partial charge in [0.2, 0.25) is 0 Å². The number of rotatable bonds is 6. The summed E-state index contributed by atoms with van der Waals surface area (Å²) in [5, 5.41) is 11.3. The first-order chi connectivity index (χ1) is 12.0. The highest BCUT2D eigenvalue weighted by molar-refractivity contribution is 8.02. The van der Waals surface area contributed by atoms with E-state index in [1.54, 1.807) is 25.3 Å². The SMILES string of the molecule is COc1ccc(CS/C(=C/c2ccc3oc(=O)[nH]c3c2)[N+](=O)[O-])cc1. The van der Waals surface area contributed by atoms with Crippen LogP contribution in [-0.4, -0.2) is 17.0 Å². The second-order valence-electron chi connectivity index (χ2n) is 5.15. The number of nitro groups is 1. The number of aromatic amines is 1. The molecule has 0 spiro atoms. The zero-order valence-electron chi connectivity index (χ0n) is 13.2. The molecule has 128 valence electrons. The van der Waals surface area contributed by atoms with E-state index in [1.807, 2.05) is 24.3 Å². The van der Waals surface area contributed by atoms with E-state index >= 15 is 0 Å². The number of ether oxygens (including phenoxy) is 1. The van der Waals surface area contributed by atoms with Crippen LogP contribution in [0.2, 0.25) is 0 Å². The predicted molar refractivity (Wildman–Crippen MR) is 96.1 cm³/mol. The van der Waals surface area contributed by atoms with Crippen molar-refractivity contribution in [3.63, 3.8) is 0 Å². The minimum absolute atomic E-state index is 0.0148. The first-order valence-electron chi connectivity index (χ1n) is 7.30. The molecule has 0 saturated heterocycles. The fourth-order valence-corrected chi connectivity index (χ4v) is 3.06. The number of benzene rings is 2. The van der Waals surface area contributed by atoms with Crippen molar-refractivity contribution >= 4 is 28.9 Å². The van der Waals surface area contributed by atoms with Crippen LogP contribution >= 0.6 is 11.8 Å². The van der Waals surface area contributed by atoms with Crippen LogP contribution in [0.3, 0.4) is 0 Å². The number of hydrogen-bond acceptors (Lipinski definition) is 6. The van der Waals surface area contributed by atoms with E-state index in [0.717, 1.165) is 23.1 Å². The molecule has 0 saturated carbocycles. The summed E-state index contributed by atoms with van der Waals surface area (Å²) >= 11 is 1.13. The van der Waals surface area contributed by atoms with Crippen molar-refractivity contribution in [3.05, 3.63) is 79.3 Å². The van der Waals surface area contributed by atoms with Gasteiger partial charge in [-0.25, -0.2) is 4.79 Å². The molecule has 7 nitrogen and oxygen atoms in total. The first kappa shape index (κ1) is 16.8. The molecule has 8 heteroatoms. The van der Waals surface area contributed by atoms with Crippen LogP contribution in [0.5, 0.6) is 5.75 Å². The van der Waals surface area contributed by atoms with Gasteiger partial charge in [-0.15, -0.1) is 0 Å². The van der Waals surface area contributed by atoms with Crippen LogP contribution in [0.1, 0.15) is 11.1 Å². The van der Waals surface area contributed by atoms with Crippen molar-refractivity contribution < 1.29 is 14.1 Å². The smallest absolute Gasteiger partial charge is 0.417 e. The number of nitrogens with one attached hydrogen (secondary N) is 1. The van der Waals surface area contributed by atoms with Gasteiger partial charge in [-0.1, -0.05) is 18.2 Å². The Morgan fingerprint density at radius 2 is 2.08 bits per heavy atom. The molecular formula is C17H14N2O5S. The Kier molecular flexibility index (Phi) is 4.90. The Labute approximate surface area is 146 Å². The first-order valence-corrected chi connectivity index (χ1v) is 8.28. The summed E-state index contributed by atoms with van der Waals surface area (Å²) in [6.45, 7) is 0. The fraction of sp³-hybridized carbons (Fsp3) is 0.118. The van der Waals surface area contributed by atoms with Gasteiger partial charge < -0.3 is 9.15 Å². The van der Waals surface area contributed by atoms with Gasteiger partial charge in [-0.05, 0) is 47.2 Å². The molecule has 25 heavy (non-hydrogen) atoms. The zero-order chi connectivity index (χ0) is 17.8. The van der Waals surface area contributed by atoms with Gasteiger partial charge >= 0.3 is 10.8 Å². The highest BCUT2D eigenvalue weighted by atomic mass is 32.2. The van der Waals surface area contributed by atoms with Crippen LogP contribution in [0.15, 0.2) is 56.7 Å². The van der Waals surface area contributed by atoms with Crippen molar-refractivity contribution in [1.82, 2.24) is 4.98 Å². The molecule has 1 heterocycles. The third-order valence-corrected chi connectivity index (χ3v) is 4.50. The number of methoxy groups -OCH3 is 1. The van der Waals surface area contributed by atoms with Crippen LogP contribution in [0.4, 0.5) is 0 Å². The predicted octanol–water partition coefficient (Wildman–Crippen LogP) is 3.64. The molecule has 3 aromatic rings. The summed E-state index contributed by atoms with van der Waals surface area (Å²) in [6.07, 6.45) is 1.47. The van der Waals surface area contributed by atoms with Crippen LogP contribution in [0, 0.1) is 10.1 Å². The molecule has 0 unspecified atom stereocenters. The molecule has 0 aliphatic heterocycles. The Morgan fingerprint density at radius 3 is 2.76 bits per heavy atom. The van der Waals surface area contributed by atoms with Crippen LogP contribution < -0.4 is 10.5 Å². The molecule has 3 rings (SSSR count). The number of oxazole rings is 1. The van der Waals surface area contributed by atoms with E-state index in [1.165, 1.54) is 6.08 Å². The number of H-pyrrole nitrogens is 1. The maximum absolute atomic E-state index is 11.3. The Hall–Kier alpha value is -3.00. The number of hydrogen-bond donors (Lipinski definition) is 1. The van der Waals surface area contributed by atoms with Gasteiger partial charge in [0.1, 0.15) is 5.75 Å². The van der Waals surface area contributed by atoms with E-state index in [-0.39, 0.29) is 5.03 Å². The van der Waals surface area contributed by atoms with Crippen LogP contribution in [0.25, 0.3) is 17.2 Å². The van der Waals surface area contributed by atoms with Gasteiger partial charge in [-0.3, -0.25) is 15.1 Å². The second-order valence-corrected chi connectivity index (χ2v) is 6.14. The summed E-state index contributed by atoms with van der Waals surface area (Å²) in [5.74, 6) is 0.641. The summed E-state index contributed by atoms with van der Waals surface area (Å²) in [7, 11) is 1.58. The second kappa shape index (κ2) is 7.27. The quantitative estimate of drug-likeness (QED) is 0.533. The zero-order valence-corrected chi connectivity index (χ0v) is 14.0. The van der Waals surface area contributed by atoms with Gasteiger partial charge in [0.25, 0.3) is 0 Å². The average molecular weight is 358 g/mol. The van der Waals surface area contributed by atoms with Gasteiger partial charge in [0, 0.05) is 11.8 Å². The fourth-order valence-electron chi connectivity index (χ4n) is 2.23. The highest BCUT2D eigenvalue weighted by Gasteiger charge is 2.13. The monoisotopic (exact) mass is 358 g/mol. The molecule has 0 aliphatic carbocycles. The maximum atomic E-state index is 11.3. The highest BCUT2D eigenvalue weighted by Crippen LogP contribution is 2.26. The summed E-state index contributed by atoms with van der Waals surface area (Å²) in [6, 6.07) is 12.3. The van der Waals surface area contributed by atoms with Gasteiger partial charge in [0.15, 0.2) is 5.58 Å². The molecule has 0 bridgehead atoms. The maximum Gasteiger partial charge on any atom is 0.417 e. The minimum atomic E-state index is -0.556. The lowest BCUT2D eigenvalue weighted by molar-refractivity contribution is -0.408. The van der Waals surface area contributed by atoms with Crippen molar-refractivity contribution in [2.24, 2.45) is 0 Å². The molecule has 0 atom stereocenters. The number of fused-ring (bicyclic) bond motifs is 1. The summed E-state index contributed by atoms with van der Waals surface area (Å²) in [4.78, 5) is 24.6. The molecule has 1 N–H and O–H groups in total. The normalized spacial score (nSPS) is 11.6. The number of aromatic nitrogens is 1. The third-order valence-electron chi connectivity index (χ3n) is 3.46. The van der Waals surface area contributed by atoms with Crippen molar-refractivity contribution in [1.29, 1.82) is 0 Å². The van der Waals surface area contributed by atoms with Gasteiger partial charge in [-0.2, -0.15) is 0 Å². The van der Waals surface area contributed by atoms with E-state index in [9.17, 15) is 14.9 Å². The van der Waals surface area contributed by atoms with Crippen molar-refractivity contribution in [3.8, 4) is 5.75 Å². The topological polar surface area (TPSA) is 98.4 Å². The van der Waals surface area contributed by atoms with Crippen molar-refractivity contribution in [2.75, 3.05) is 7.11 Å². The largest absolute Gasteiger partial charge is 0.497 e. The lowest BCUT2D eigenvalue weighted by atomic mass is 10.2. The summed E-state index contributed by atoms with van der Waals surface area (Å²) in [5.41, 5.74) is 2.48. The lowest BCUT2D eigenvalue weighted by Crippen LogP contribution is -1.95. The number of thioether (sulfide) groups is 1. The number of nitrogens with zero attached hydrogens (tertiary/aromatic N) is 1. The summed E-state index contributed by atoms with van der Waals surface area (Å²) < 4.78 is 10.0. The van der Waals surface area contributed by atoms with E-state index < -0.39 is 10.7 Å². The van der Waals surface area contributed by atoms with E-state index in [2.05, 4.69) is 4.98 Å². The third kappa shape index (κ3) is 4.10. The molecule has 0 radical (unpaired) electrons. The standard InChI is InChI=1S/C17H14N2O5S/c1-23-13-5-2-11(3-6-13)10-25-16(19(21)22)9-12-4-7-15-14(8-12)18-17(20)24-15/h2-9H,10H2,1H3,(H,18,20)/b16-9+. The Morgan fingerprint density at radius 1 is 1.32 bits per heavy atom. The molecule has 0 aliphatic rings. The van der Waals surface area contributed by atoms with Crippen molar-refractivity contribution in [2.45, 2.75) is 5.75 Å². The lowest BCUT2D eigenvalue weighted by Gasteiger charge is -2.03. The molecule has 2 aromatic carbocycles. The average Bonchev–Trinajstić information content (AvgIpc) is 2.98.